The third-order valence-corrected chi connectivity index (χ3v) is 5.54. The number of amides is 1. The summed E-state index contributed by atoms with van der Waals surface area (Å²) in [5, 5.41) is 0. The van der Waals surface area contributed by atoms with Crippen LogP contribution in [0, 0.1) is 5.92 Å². The van der Waals surface area contributed by atoms with E-state index in [0.717, 1.165) is 43.3 Å². The third-order valence-electron chi connectivity index (χ3n) is 5.54. The van der Waals surface area contributed by atoms with Crippen molar-refractivity contribution in [3.8, 4) is 5.75 Å². The highest BCUT2D eigenvalue weighted by Gasteiger charge is 2.49. The molecule has 5 heteroatoms. The van der Waals surface area contributed by atoms with Crippen molar-refractivity contribution in [3.05, 3.63) is 29.8 Å². The Kier molecular flexibility index (Phi) is 4.69. The summed E-state index contributed by atoms with van der Waals surface area (Å²) in [7, 11) is 1.64. The average Bonchev–Trinajstić information content (AvgIpc) is 3.43. The minimum Gasteiger partial charge on any atom is -0.497 e. The molecule has 5 nitrogen and oxygen atoms in total. The number of benzene rings is 1. The van der Waals surface area contributed by atoms with Crippen LogP contribution in [0.1, 0.15) is 31.2 Å². The molecule has 2 aliphatic heterocycles. The fourth-order valence-electron chi connectivity index (χ4n) is 3.76. The summed E-state index contributed by atoms with van der Waals surface area (Å²) in [5.74, 6) is 1.77. The molecule has 0 bridgehead atoms. The van der Waals surface area contributed by atoms with Gasteiger partial charge >= 0.3 is 0 Å². The van der Waals surface area contributed by atoms with Crippen molar-refractivity contribution in [2.75, 3.05) is 33.4 Å². The highest BCUT2D eigenvalue weighted by atomic mass is 16.5. The first kappa shape index (κ1) is 16.9. The van der Waals surface area contributed by atoms with Crippen molar-refractivity contribution in [2.45, 2.75) is 43.8 Å². The van der Waals surface area contributed by atoms with Gasteiger partial charge in [-0.3, -0.25) is 4.79 Å². The van der Waals surface area contributed by atoms with Gasteiger partial charge in [0.1, 0.15) is 11.4 Å². The molecular formula is C20H27NO4. The Bertz CT molecular complexity index is 605. The number of likely N-dealkylation sites (tertiary alicyclic amines) is 1. The van der Waals surface area contributed by atoms with Crippen LogP contribution in [0.3, 0.4) is 0 Å². The Morgan fingerprint density at radius 1 is 1.24 bits per heavy atom. The van der Waals surface area contributed by atoms with Gasteiger partial charge in [-0.25, -0.2) is 0 Å². The molecule has 1 saturated carbocycles. The lowest BCUT2D eigenvalue weighted by atomic mass is 9.84. The maximum absolute atomic E-state index is 12.5. The summed E-state index contributed by atoms with van der Waals surface area (Å²) in [4.78, 5) is 14.4. The van der Waals surface area contributed by atoms with Crippen LogP contribution in [0.2, 0.25) is 0 Å². The molecule has 136 valence electrons. The standard InChI is InChI=1S/C20H27NO4/c1-23-17-6-4-15(5-7-17)10-19(22)21-13-20(14-21)11-18(8-9-25-20)24-12-16-2-3-16/h4-7,16,18H,2-3,8-14H2,1H3/t18-/m1/s1. The van der Waals surface area contributed by atoms with E-state index in [0.29, 0.717) is 25.6 Å². The summed E-state index contributed by atoms with van der Waals surface area (Å²) in [6.07, 6.45) is 5.28. The first-order valence-electron chi connectivity index (χ1n) is 9.32. The number of carbonyl (C=O) groups excluding carboxylic acids is 1. The number of rotatable bonds is 6. The van der Waals surface area contributed by atoms with Crippen molar-refractivity contribution < 1.29 is 19.0 Å². The number of hydrogen-bond donors (Lipinski definition) is 0. The molecular weight excluding hydrogens is 318 g/mol. The molecule has 0 unspecified atom stereocenters. The van der Waals surface area contributed by atoms with Crippen LogP contribution in [0.5, 0.6) is 5.75 Å². The Balaban J connectivity index is 1.25. The summed E-state index contributed by atoms with van der Waals surface area (Å²) < 4.78 is 17.2. The molecule has 1 aromatic carbocycles. The number of ether oxygens (including phenoxy) is 3. The van der Waals surface area contributed by atoms with E-state index in [1.165, 1.54) is 12.8 Å². The topological polar surface area (TPSA) is 48.0 Å². The lowest BCUT2D eigenvalue weighted by Crippen LogP contribution is -2.67. The zero-order valence-electron chi connectivity index (χ0n) is 14.9. The van der Waals surface area contributed by atoms with E-state index in [2.05, 4.69) is 0 Å². The molecule has 1 aromatic rings. The fourth-order valence-corrected chi connectivity index (χ4v) is 3.76. The van der Waals surface area contributed by atoms with E-state index in [1.54, 1.807) is 7.11 Å². The lowest BCUT2D eigenvalue weighted by Gasteiger charge is -2.53. The van der Waals surface area contributed by atoms with Gasteiger partial charge in [0.15, 0.2) is 0 Å². The molecule has 1 amide bonds. The molecule has 1 aliphatic carbocycles. The van der Waals surface area contributed by atoms with E-state index >= 15 is 0 Å². The van der Waals surface area contributed by atoms with Crippen molar-refractivity contribution in [3.63, 3.8) is 0 Å². The highest BCUT2D eigenvalue weighted by molar-refractivity contribution is 5.80. The van der Waals surface area contributed by atoms with Gasteiger partial charge in [-0.15, -0.1) is 0 Å². The van der Waals surface area contributed by atoms with E-state index in [1.807, 2.05) is 29.2 Å². The predicted octanol–water partition coefficient (Wildman–Crippen LogP) is 2.42. The molecule has 2 saturated heterocycles. The zero-order chi connectivity index (χ0) is 17.3. The Hall–Kier alpha value is -1.59. The van der Waals surface area contributed by atoms with Crippen LogP contribution in [-0.4, -0.2) is 55.9 Å². The fraction of sp³-hybridized carbons (Fsp3) is 0.650. The number of nitrogens with zero attached hydrogens (tertiary/aromatic N) is 1. The molecule has 25 heavy (non-hydrogen) atoms. The van der Waals surface area contributed by atoms with E-state index in [4.69, 9.17) is 14.2 Å². The predicted molar refractivity (Wildman–Crippen MR) is 93.7 cm³/mol. The van der Waals surface area contributed by atoms with Crippen LogP contribution in [0.4, 0.5) is 0 Å². The summed E-state index contributed by atoms with van der Waals surface area (Å²) in [6, 6.07) is 7.69. The quantitative estimate of drug-likeness (QED) is 0.794. The third kappa shape index (κ3) is 3.98. The van der Waals surface area contributed by atoms with Crippen LogP contribution in [-0.2, 0) is 20.7 Å². The number of hydrogen-bond acceptors (Lipinski definition) is 4. The molecule has 0 N–H and O–H groups in total. The van der Waals surface area contributed by atoms with Crippen molar-refractivity contribution >= 4 is 5.91 Å². The van der Waals surface area contributed by atoms with Crippen LogP contribution < -0.4 is 4.74 Å². The second-order valence-corrected chi connectivity index (χ2v) is 7.70. The summed E-state index contributed by atoms with van der Waals surface area (Å²) in [5.41, 5.74) is 0.851. The molecule has 3 aliphatic rings. The Labute approximate surface area is 149 Å². The maximum atomic E-state index is 12.5. The molecule has 2 heterocycles. The van der Waals surface area contributed by atoms with Crippen LogP contribution in [0.25, 0.3) is 0 Å². The summed E-state index contributed by atoms with van der Waals surface area (Å²) in [6.45, 7) is 3.05. The number of carbonyl (C=O) groups is 1. The van der Waals surface area contributed by atoms with Crippen molar-refractivity contribution in [1.82, 2.24) is 4.90 Å². The van der Waals surface area contributed by atoms with Gasteiger partial charge in [-0.1, -0.05) is 12.1 Å². The van der Waals surface area contributed by atoms with Gasteiger partial charge in [0, 0.05) is 19.6 Å². The average molecular weight is 345 g/mol. The van der Waals surface area contributed by atoms with Gasteiger partial charge in [0.25, 0.3) is 0 Å². The normalized spacial score (nSPS) is 24.8. The van der Waals surface area contributed by atoms with E-state index in [9.17, 15) is 4.79 Å². The first-order valence-corrected chi connectivity index (χ1v) is 9.32. The zero-order valence-corrected chi connectivity index (χ0v) is 14.9. The van der Waals surface area contributed by atoms with Gasteiger partial charge < -0.3 is 19.1 Å². The molecule has 3 fully saturated rings. The number of methoxy groups -OCH3 is 1. The largest absolute Gasteiger partial charge is 0.497 e. The Morgan fingerprint density at radius 3 is 2.68 bits per heavy atom. The summed E-state index contributed by atoms with van der Waals surface area (Å²) >= 11 is 0. The molecule has 1 atom stereocenters. The van der Waals surface area contributed by atoms with Crippen molar-refractivity contribution in [2.24, 2.45) is 5.92 Å². The van der Waals surface area contributed by atoms with Crippen LogP contribution >= 0.6 is 0 Å². The van der Waals surface area contributed by atoms with Crippen LogP contribution in [0.15, 0.2) is 24.3 Å². The first-order chi connectivity index (χ1) is 12.2. The molecule has 4 rings (SSSR count). The maximum Gasteiger partial charge on any atom is 0.227 e. The van der Waals surface area contributed by atoms with Gasteiger partial charge in [0.05, 0.1) is 32.7 Å². The van der Waals surface area contributed by atoms with Gasteiger partial charge in [-0.2, -0.15) is 0 Å². The molecule has 1 spiro atoms. The Morgan fingerprint density at radius 2 is 2.00 bits per heavy atom. The SMILES string of the molecule is COc1ccc(CC(=O)N2CC3(C[C@H](OCC4CC4)CCO3)C2)cc1. The smallest absolute Gasteiger partial charge is 0.227 e. The molecule has 0 aromatic heterocycles. The second-order valence-electron chi connectivity index (χ2n) is 7.70. The van der Waals surface area contributed by atoms with Gasteiger partial charge in [0.2, 0.25) is 5.91 Å². The highest BCUT2D eigenvalue weighted by Crippen LogP contribution is 2.37. The van der Waals surface area contributed by atoms with E-state index in [-0.39, 0.29) is 11.5 Å². The van der Waals surface area contributed by atoms with Gasteiger partial charge in [-0.05, 0) is 42.9 Å². The molecule has 0 radical (unpaired) electrons. The van der Waals surface area contributed by atoms with Crippen molar-refractivity contribution in [1.29, 1.82) is 0 Å². The minimum atomic E-state index is -0.165. The monoisotopic (exact) mass is 345 g/mol. The minimum absolute atomic E-state index is 0.165. The second kappa shape index (κ2) is 6.96. The lowest BCUT2D eigenvalue weighted by molar-refractivity contribution is -0.201. The van der Waals surface area contributed by atoms with E-state index < -0.39 is 0 Å².